The van der Waals surface area contributed by atoms with Crippen LogP contribution < -0.4 is 10.4 Å². The number of aliphatic carboxylic acids is 1. The maximum Gasteiger partial charge on any atom is 0.430 e. The summed E-state index contributed by atoms with van der Waals surface area (Å²) < 4.78 is 38.3. The topological polar surface area (TPSA) is 125 Å². The number of carbonyl (C=O) groups is 4. The van der Waals surface area contributed by atoms with Crippen LogP contribution in [0.25, 0.3) is 0 Å². The molecule has 2 atom stereocenters. The molecule has 1 amide bonds. The first-order valence-electron chi connectivity index (χ1n) is 13.1. The molecule has 2 bridgehead atoms. The van der Waals surface area contributed by atoms with Crippen LogP contribution in [0.1, 0.15) is 44.6 Å². The van der Waals surface area contributed by atoms with Gasteiger partial charge in [0, 0.05) is 35.9 Å². The monoisotopic (exact) mass is 603 g/mol. The number of carboxylic acids is 1. The average molecular weight is 604 g/mol. The molecule has 0 saturated carbocycles. The van der Waals surface area contributed by atoms with Crippen molar-refractivity contribution in [2.75, 3.05) is 26.2 Å². The number of esters is 1. The van der Waals surface area contributed by atoms with Crippen LogP contribution in [0.3, 0.4) is 0 Å². The number of aromatic nitrogens is 1. The number of Topliss-reactive ketones (excluding diaryl/α,β-unsaturated/α-hetero) is 1. The minimum atomic E-state index is -5.19. The molecule has 1 N–H and O–H groups in total. The minimum Gasteiger partial charge on any atom is -0.542 e. The van der Waals surface area contributed by atoms with Crippen molar-refractivity contribution >= 4 is 35.0 Å². The zero-order valence-corrected chi connectivity index (χ0v) is 23.1. The molecule has 6 rings (SSSR count). The number of quaternary nitrogens is 1. The number of ether oxygens (including phenoxy) is 1. The third-order valence-corrected chi connectivity index (χ3v) is 8.16. The van der Waals surface area contributed by atoms with Gasteiger partial charge in [-0.1, -0.05) is 60.7 Å². The number of alkyl halides is 3. The van der Waals surface area contributed by atoms with Crippen LogP contribution in [0.15, 0.2) is 72.2 Å². The highest BCUT2D eigenvalue weighted by Crippen LogP contribution is 2.36. The average Bonchev–Trinajstić information content (AvgIpc) is 3.52. The summed E-state index contributed by atoms with van der Waals surface area (Å²) >= 11 is 1.22. The Hall–Kier alpha value is -4.10. The molecule has 42 heavy (non-hydrogen) atoms. The Morgan fingerprint density at radius 2 is 1.62 bits per heavy atom. The number of carbonyl (C=O) groups excluding carboxylic acids is 4. The summed E-state index contributed by atoms with van der Waals surface area (Å²) in [6, 6.07) is 17.6. The highest BCUT2D eigenvalue weighted by atomic mass is 32.1. The fourth-order valence-electron chi connectivity index (χ4n) is 5.27. The molecule has 0 aliphatic carbocycles. The molecule has 3 aromatic rings. The molecule has 0 radical (unpaired) electrons. The number of rotatable bonds is 8. The third kappa shape index (κ3) is 7.79. The molecule has 2 aromatic carbocycles. The molecule has 1 aromatic heterocycles. The number of halogens is 3. The van der Waals surface area contributed by atoms with Crippen molar-refractivity contribution < 1.29 is 46.7 Å². The van der Waals surface area contributed by atoms with Crippen molar-refractivity contribution in [3.05, 3.63) is 88.4 Å². The van der Waals surface area contributed by atoms with Crippen LogP contribution in [0.2, 0.25) is 0 Å². The van der Waals surface area contributed by atoms with Crippen LogP contribution in [0.4, 0.5) is 13.2 Å². The van der Waals surface area contributed by atoms with Crippen LogP contribution >= 0.6 is 11.3 Å². The van der Waals surface area contributed by atoms with Crippen LogP contribution in [0.5, 0.6) is 0 Å². The van der Waals surface area contributed by atoms with E-state index in [1.54, 1.807) is 23.7 Å². The molecule has 9 nitrogen and oxygen atoms in total. The predicted molar refractivity (Wildman–Crippen MR) is 143 cm³/mol. The minimum absolute atomic E-state index is 0.119. The molecule has 0 spiro atoms. The SMILES string of the molecule is O=C(C[N+]12CCC(CC1)[C@@H](OC(=O)C(NC(=O)c1nccs1)c1ccccc1)C2)c1ccccc1.O=C([O-])C(F)(F)F. The van der Waals surface area contributed by atoms with Crippen molar-refractivity contribution in [2.45, 2.75) is 31.2 Å². The lowest BCUT2D eigenvalue weighted by molar-refractivity contribution is -0.938. The quantitative estimate of drug-likeness (QED) is 0.239. The van der Waals surface area contributed by atoms with E-state index < -0.39 is 30.1 Å². The van der Waals surface area contributed by atoms with E-state index in [1.807, 2.05) is 48.5 Å². The molecule has 1 unspecified atom stereocenters. The van der Waals surface area contributed by atoms with Gasteiger partial charge in [-0.3, -0.25) is 9.59 Å². The van der Waals surface area contributed by atoms with E-state index >= 15 is 0 Å². The Bertz CT molecular complexity index is 1380. The maximum atomic E-state index is 13.4. The maximum absolute atomic E-state index is 13.4. The van der Waals surface area contributed by atoms with E-state index in [9.17, 15) is 27.6 Å². The van der Waals surface area contributed by atoms with Gasteiger partial charge in [0.05, 0.1) is 13.1 Å². The van der Waals surface area contributed by atoms with E-state index in [4.69, 9.17) is 14.6 Å². The van der Waals surface area contributed by atoms with Crippen molar-refractivity contribution in [3.63, 3.8) is 0 Å². The van der Waals surface area contributed by atoms with Gasteiger partial charge in [-0.05, 0) is 5.56 Å². The second-order valence-corrected chi connectivity index (χ2v) is 11.1. The first-order valence-corrected chi connectivity index (χ1v) is 14.0. The van der Waals surface area contributed by atoms with Crippen molar-refractivity contribution in [1.82, 2.24) is 10.3 Å². The molecule has 222 valence electrons. The number of carboxylic acid groups (broad SMARTS) is 1. The Morgan fingerprint density at radius 3 is 2.17 bits per heavy atom. The molecular formula is C29H28F3N3O6S. The van der Waals surface area contributed by atoms with E-state index in [0.717, 1.165) is 31.5 Å². The van der Waals surface area contributed by atoms with Crippen molar-refractivity contribution in [1.29, 1.82) is 0 Å². The van der Waals surface area contributed by atoms with Gasteiger partial charge in [-0.25, -0.2) is 9.78 Å². The number of ketones is 1. The largest absolute Gasteiger partial charge is 0.542 e. The number of amides is 1. The molecule has 3 aliphatic rings. The lowest BCUT2D eigenvalue weighted by Crippen LogP contribution is -2.66. The van der Waals surface area contributed by atoms with Gasteiger partial charge in [-0.15, -0.1) is 11.3 Å². The Kier molecular flexibility index (Phi) is 9.74. The summed E-state index contributed by atoms with van der Waals surface area (Å²) in [4.78, 5) is 51.9. The van der Waals surface area contributed by atoms with Gasteiger partial charge in [0.2, 0.25) is 5.78 Å². The van der Waals surface area contributed by atoms with Crippen molar-refractivity contribution in [3.8, 4) is 0 Å². The Morgan fingerprint density at radius 1 is 1.02 bits per heavy atom. The first-order chi connectivity index (χ1) is 20.0. The summed E-state index contributed by atoms with van der Waals surface area (Å²) in [6.07, 6.45) is -2.08. The zero-order chi connectivity index (χ0) is 30.3. The highest BCUT2D eigenvalue weighted by molar-refractivity contribution is 7.11. The first kappa shape index (κ1) is 30.8. The van der Waals surface area contributed by atoms with Crippen LogP contribution in [-0.4, -0.2) is 71.6 Å². The number of piperidine rings is 3. The van der Waals surface area contributed by atoms with Crippen LogP contribution in [0, 0.1) is 5.92 Å². The number of nitrogens with zero attached hydrogens (tertiary/aromatic N) is 2. The lowest BCUT2D eigenvalue weighted by atomic mass is 9.82. The summed E-state index contributed by atoms with van der Waals surface area (Å²) in [6.45, 7) is 2.87. The van der Waals surface area contributed by atoms with Gasteiger partial charge in [0.1, 0.15) is 19.1 Å². The normalized spacial score (nSPS) is 21.8. The van der Waals surface area contributed by atoms with Crippen molar-refractivity contribution in [2.24, 2.45) is 5.92 Å². The summed E-state index contributed by atoms with van der Waals surface area (Å²) in [5.41, 5.74) is 1.38. The van der Waals surface area contributed by atoms with E-state index in [0.29, 0.717) is 28.1 Å². The summed E-state index contributed by atoms with van der Waals surface area (Å²) in [5, 5.41) is 13.6. The van der Waals surface area contributed by atoms with Gasteiger partial charge in [-0.2, -0.15) is 13.2 Å². The van der Waals surface area contributed by atoms with Gasteiger partial charge >= 0.3 is 12.1 Å². The van der Waals surface area contributed by atoms with Crippen LogP contribution in [-0.2, 0) is 14.3 Å². The standard InChI is InChI=1S/C27H27N3O4S.C2HF3O2/c31-22(19-7-3-1-4-8-19)17-30-14-11-20(12-15-30)23(18-30)34-27(33)24(21-9-5-2-6-10-21)29-25(32)26-28-13-16-35-26;3-2(4,5)1(6)7/h1-10,13,16,20,23-24H,11-12,14-15,17-18H2;(H,6,7)/t20?,23-,24?,30?;/m0./s1. The third-order valence-electron chi connectivity index (χ3n) is 7.39. The Labute approximate surface area is 243 Å². The Balaban J connectivity index is 0.000000517. The lowest BCUT2D eigenvalue weighted by Gasteiger charge is -2.51. The number of benzene rings is 2. The molecule has 3 aliphatic heterocycles. The predicted octanol–water partition coefficient (Wildman–Crippen LogP) is 2.95. The second-order valence-electron chi connectivity index (χ2n) is 10.2. The number of hydrogen-bond donors (Lipinski definition) is 1. The fraction of sp³-hybridized carbons (Fsp3) is 0.345. The smallest absolute Gasteiger partial charge is 0.430 e. The molecule has 13 heteroatoms. The second kappa shape index (κ2) is 13.3. The van der Waals surface area contributed by atoms with E-state index in [2.05, 4.69) is 10.3 Å². The van der Waals surface area contributed by atoms with Gasteiger partial charge in [0.25, 0.3) is 5.91 Å². The molecule has 3 saturated heterocycles. The van der Waals surface area contributed by atoms with E-state index in [1.165, 1.54) is 11.3 Å². The fourth-order valence-corrected chi connectivity index (χ4v) is 5.80. The molecular weight excluding hydrogens is 575 g/mol. The highest BCUT2D eigenvalue weighted by Gasteiger charge is 2.49. The number of hydrogen-bond acceptors (Lipinski definition) is 8. The van der Waals surface area contributed by atoms with Gasteiger partial charge in [0.15, 0.2) is 17.2 Å². The van der Waals surface area contributed by atoms with E-state index in [-0.39, 0.29) is 17.8 Å². The summed E-state index contributed by atoms with van der Waals surface area (Å²) in [5.74, 6) is -3.50. The number of thiazole rings is 1. The zero-order valence-electron chi connectivity index (χ0n) is 22.3. The number of fused-ring (bicyclic) bond motifs is 3. The number of nitrogens with one attached hydrogen (secondary N) is 1. The molecule has 3 fully saturated rings. The molecule has 4 heterocycles. The summed E-state index contributed by atoms with van der Waals surface area (Å²) in [7, 11) is 0. The van der Waals surface area contributed by atoms with Gasteiger partial charge < -0.3 is 24.4 Å².